The lowest BCUT2D eigenvalue weighted by Gasteiger charge is -2.51. The molecule has 1 amide bonds. The van der Waals surface area contributed by atoms with Gasteiger partial charge in [-0.1, -0.05) is 0 Å². The smallest absolute Gasteiger partial charge is 0.254 e. The van der Waals surface area contributed by atoms with E-state index in [4.69, 9.17) is 4.74 Å². The van der Waals surface area contributed by atoms with Gasteiger partial charge in [0.25, 0.3) is 5.91 Å². The second-order valence-electron chi connectivity index (χ2n) is 8.19. The van der Waals surface area contributed by atoms with Crippen LogP contribution in [0.5, 0.6) is 0 Å². The number of aliphatic hydroxyl groups excluding tert-OH is 1. The Morgan fingerprint density at radius 3 is 2.71 bits per heavy atom. The Morgan fingerprint density at radius 2 is 2.00 bits per heavy atom. The van der Waals surface area contributed by atoms with Crippen LogP contribution in [0.15, 0.2) is 24.3 Å². The van der Waals surface area contributed by atoms with Crippen molar-refractivity contribution in [1.29, 1.82) is 0 Å². The van der Waals surface area contributed by atoms with E-state index in [1.807, 2.05) is 0 Å². The first-order valence-corrected chi connectivity index (χ1v) is 9.62. The molecular weight excluding hydrogens is 363 g/mol. The van der Waals surface area contributed by atoms with Gasteiger partial charge in [-0.15, -0.1) is 0 Å². The summed E-state index contributed by atoms with van der Waals surface area (Å²) in [5.74, 6) is -0.534. The van der Waals surface area contributed by atoms with Crippen molar-refractivity contribution in [1.82, 2.24) is 9.88 Å². The minimum absolute atomic E-state index is 0.144. The number of carbonyl (C=O) groups excluding carboxylic acids is 1. The van der Waals surface area contributed by atoms with Gasteiger partial charge >= 0.3 is 0 Å². The van der Waals surface area contributed by atoms with Crippen molar-refractivity contribution in [3.05, 3.63) is 41.3 Å². The monoisotopic (exact) mass is 388 g/mol. The highest BCUT2D eigenvalue weighted by Crippen LogP contribution is 2.40. The number of likely N-dealkylation sites (tertiary alicyclic amines) is 1. The van der Waals surface area contributed by atoms with Crippen LogP contribution in [0.4, 0.5) is 4.39 Å². The molecule has 0 aliphatic carbocycles. The second-order valence-corrected chi connectivity index (χ2v) is 8.19. The number of rotatable bonds is 1. The maximum absolute atomic E-state index is 13.6. The summed E-state index contributed by atoms with van der Waals surface area (Å²) >= 11 is 0. The molecule has 0 saturated carbocycles. The number of hydrogen-bond donors (Lipinski definition) is 2. The van der Waals surface area contributed by atoms with E-state index in [9.17, 15) is 19.4 Å². The molecule has 28 heavy (non-hydrogen) atoms. The highest BCUT2D eigenvalue weighted by Gasteiger charge is 2.53. The molecule has 1 aromatic carbocycles. The number of aryl methyl sites for hydroxylation is 1. The summed E-state index contributed by atoms with van der Waals surface area (Å²) in [6.45, 7) is 4.62. The van der Waals surface area contributed by atoms with E-state index in [2.05, 4.69) is 4.98 Å². The number of nitrogens with zero attached hydrogens (tertiary/aromatic N) is 2. The summed E-state index contributed by atoms with van der Waals surface area (Å²) in [7, 11) is 0. The fourth-order valence-electron chi connectivity index (χ4n) is 4.43. The van der Waals surface area contributed by atoms with Crippen LogP contribution in [-0.2, 0) is 4.74 Å². The predicted molar refractivity (Wildman–Crippen MR) is 102 cm³/mol. The van der Waals surface area contributed by atoms with Crippen LogP contribution < -0.4 is 0 Å². The van der Waals surface area contributed by atoms with Crippen LogP contribution in [0, 0.1) is 12.7 Å². The maximum atomic E-state index is 13.6. The van der Waals surface area contributed by atoms with Gasteiger partial charge in [0.05, 0.1) is 23.3 Å². The van der Waals surface area contributed by atoms with E-state index < -0.39 is 17.3 Å². The fraction of sp³-hybridized carbons (Fsp3) is 0.524. The number of amides is 1. The number of piperidine rings is 1. The molecule has 2 aliphatic heterocycles. The van der Waals surface area contributed by atoms with E-state index in [0.717, 1.165) is 0 Å². The van der Waals surface area contributed by atoms with Crippen molar-refractivity contribution in [3.63, 3.8) is 0 Å². The van der Waals surface area contributed by atoms with E-state index in [1.54, 1.807) is 30.9 Å². The van der Waals surface area contributed by atoms with Gasteiger partial charge in [-0.3, -0.25) is 9.78 Å². The van der Waals surface area contributed by atoms with Crippen LogP contribution in [0.3, 0.4) is 0 Å². The summed E-state index contributed by atoms with van der Waals surface area (Å²) in [6.07, 6.45) is 0.300. The maximum Gasteiger partial charge on any atom is 0.254 e. The van der Waals surface area contributed by atoms with Gasteiger partial charge in [-0.25, -0.2) is 4.39 Å². The second kappa shape index (κ2) is 6.76. The van der Waals surface area contributed by atoms with Gasteiger partial charge in [-0.2, -0.15) is 0 Å². The molecule has 7 heteroatoms. The number of benzene rings is 1. The van der Waals surface area contributed by atoms with E-state index in [0.29, 0.717) is 61.1 Å². The molecule has 2 aromatic rings. The van der Waals surface area contributed by atoms with Crippen molar-refractivity contribution >= 4 is 16.8 Å². The first-order valence-electron chi connectivity index (χ1n) is 9.62. The Bertz CT molecular complexity index is 917. The van der Waals surface area contributed by atoms with Gasteiger partial charge in [0.15, 0.2) is 0 Å². The molecule has 1 spiro atoms. The Morgan fingerprint density at radius 1 is 1.29 bits per heavy atom. The van der Waals surface area contributed by atoms with Crippen molar-refractivity contribution in [2.75, 3.05) is 19.7 Å². The average molecular weight is 388 g/mol. The minimum Gasteiger partial charge on any atom is -0.387 e. The molecule has 3 heterocycles. The minimum atomic E-state index is -1.19. The Kier molecular flexibility index (Phi) is 4.64. The predicted octanol–water partition coefficient (Wildman–Crippen LogP) is 2.19. The summed E-state index contributed by atoms with van der Waals surface area (Å²) < 4.78 is 19.5. The fourth-order valence-corrected chi connectivity index (χ4v) is 4.43. The van der Waals surface area contributed by atoms with E-state index in [-0.39, 0.29) is 11.7 Å². The van der Waals surface area contributed by atoms with Gasteiger partial charge in [0, 0.05) is 36.7 Å². The molecule has 2 aliphatic rings. The van der Waals surface area contributed by atoms with Gasteiger partial charge in [0.2, 0.25) is 0 Å². The van der Waals surface area contributed by atoms with Crippen molar-refractivity contribution < 1.29 is 24.1 Å². The molecule has 0 bridgehead atoms. The van der Waals surface area contributed by atoms with E-state index in [1.165, 1.54) is 12.1 Å². The molecule has 2 saturated heterocycles. The van der Waals surface area contributed by atoms with Gasteiger partial charge in [-0.05, 0) is 44.9 Å². The summed E-state index contributed by atoms with van der Waals surface area (Å²) in [6, 6.07) is 5.97. The highest BCUT2D eigenvalue weighted by atomic mass is 19.1. The number of fused-ring (bicyclic) bond motifs is 1. The normalized spacial score (nSPS) is 27.3. The zero-order valence-electron chi connectivity index (χ0n) is 16.1. The number of aliphatic hydroxyl groups is 2. The Balaban J connectivity index is 1.58. The lowest BCUT2D eigenvalue weighted by atomic mass is 9.75. The molecule has 2 fully saturated rings. The number of ether oxygens (including phenoxy) is 1. The number of pyridine rings is 1. The lowest BCUT2D eigenvalue weighted by molar-refractivity contribution is -0.244. The van der Waals surface area contributed by atoms with Gasteiger partial charge < -0.3 is 19.8 Å². The number of aromatic nitrogens is 1. The number of halogens is 1. The van der Waals surface area contributed by atoms with Crippen molar-refractivity contribution in [2.24, 2.45) is 0 Å². The molecule has 150 valence electrons. The van der Waals surface area contributed by atoms with Crippen LogP contribution in [0.1, 0.15) is 42.2 Å². The first-order chi connectivity index (χ1) is 13.2. The molecule has 2 atom stereocenters. The zero-order valence-corrected chi connectivity index (χ0v) is 16.1. The van der Waals surface area contributed by atoms with Gasteiger partial charge in [0.1, 0.15) is 17.5 Å². The molecule has 2 N–H and O–H groups in total. The Labute approximate surface area is 162 Å². The quantitative estimate of drug-likeness (QED) is 0.783. The molecule has 0 radical (unpaired) electrons. The van der Waals surface area contributed by atoms with Crippen molar-refractivity contribution in [3.8, 4) is 0 Å². The summed E-state index contributed by atoms with van der Waals surface area (Å²) in [4.78, 5) is 19.2. The third-order valence-electron chi connectivity index (χ3n) is 6.11. The van der Waals surface area contributed by atoms with Crippen LogP contribution >= 0.6 is 0 Å². The topological polar surface area (TPSA) is 82.9 Å². The first kappa shape index (κ1) is 19.2. The SMILES string of the molecule is Cc1cc(C(=O)N2CCC3(CC2)OCC[C@@](C)(O)[C@@H]3O)c2ccc(F)cc2n1. The van der Waals surface area contributed by atoms with Crippen molar-refractivity contribution in [2.45, 2.75) is 50.4 Å². The van der Waals surface area contributed by atoms with Crippen LogP contribution in [0.25, 0.3) is 10.9 Å². The molecular formula is C21H25FN2O4. The standard InChI is InChI=1S/C21H25FN2O4/c1-13-11-16(15-4-3-14(22)12-17(15)23-13)18(25)24-8-5-21(6-9-24)19(26)20(2,27)7-10-28-21/h3-4,11-12,19,26-27H,5-10H2,1-2H3/t19-,20+/m0/s1. The zero-order chi connectivity index (χ0) is 20.1. The largest absolute Gasteiger partial charge is 0.387 e. The Hall–Kier alpha value is -2.09. The van der Waals surface area contributed by atoms with Crippen LogP contribution in [0.2, 0.25) is 0 Å². The third-order valence-corrected chi connectivity index (χ3v) is 6.11. The van der Waals surface area contributed by atoms with Crippen LogP contribution in [-0.4, -0.2) is 63.0 Å². The highest BCUT2D eigenvalue weighted by molar-refractivity contribution is 6.06. The van der Waals surface area contributed by atoms with E-state index >= 15 is 0 Å². The summed E-state index contributed by atoms with van der Waals surface area (Å²) in [5, 5.41) is 21.7. The third kappa shape index (κ3) is 3.17. The molecule has 6 nitrogen and oxygen atoms in total. The molecule has 4 rings (SSSR count). The average Bonchev–Trinajstić information content (AvgIpc) is 2.65. The summed E-state index contributed by atoms with van der Waals surface area (Å²) in [5.41, 5.74) is -0.406. The lowest BCUT2D eigenvalue weighted by Crippen LogP contribution is -2.64. The molecule has 1 aromatic heterocycles. The number of carbonyl (C=O) groups is 1. The number of hydrogen-bond acceptors (Lipinski definition) is 5. The molecule has 0 unspecified atom stereocenters.